The molecular formula is C15H26N4. The third kappa shape index (κ3) is 2.99. The summed E-state index contributed by atoms with van der Waals surface area (Å²) >= 11 is 0. The van der Waals surface area contributed by atoms with Crippen molar-refractivity contribution in [1.82, 2.24) is 9.97 Å². The minimum Gasteiger partial charge on any atom is -0.383 e. The second kappa shape index (κ2) is 4.66. The number of nitrogens with two attached hydrogens (primary N) is 1. The molecule has 1 heterocycles. The van der Waals surface area contributed by atoms with Crippen LogP contribution < -0.4 is 10.6 Å². The number of nitrogen functional groups attached to an aromatic ring is 1. The van der Waals surface area contributed by atoms with Gasteiger partial charge >= 0.3 is 0 Å². The highest BCUT2D eigenvalue weighted by Crippen LogP contribution is 2.39. The van der Waals surface area contributed by atoms with Crippen LogP contribution in [0.5, 0.6) is 0 Å². The lowest BCUT2D eigenvalue weighted by Crippen LogP contribution is -2.26. The fourth-order valence-electron chi connectivity index (χ4n) is 2.32. The Bertz CT molecular complexity index is 476. The smallest absolute Gasteiger partial charge is 0.138 e. The maximum Gasteiger partial charge on any atom is 0.138 e. The maximum absolute atomic E-state index is 6.05. The lowest BCUT2D eigenvalue weighted by molar-refractivity contribution is 0.544. The summed E-state index contributed by atoms with van der Waals surface area (Å²) in [5.74, 6) is 4.06. The van der Waals surface area contributed by atoms with Crippen molar-refractivity contribution in [2.75, 3.05) is 24.2 Å². The van der Waals surface area contributed by atoms with Gasteiger partial charge in [-0.3, -0.25) is 0 Å². The van der Waals surface area contributed by atoms with E-state index in [0.29, 0.717) is 5.82 Å². The van der Waals surface area contributed by atoms with Gasteiger partial charge in [-0.15, -0.1) is 0 Å². The monoisotopic (exact) mass is 262 g/mol. The van der Waals surface area contributed by atoms with Gasteiger partial charge in [0.1, 0.15) is 17.5 Å². The molecule has 1 aromatic heterocycles. The average Bonchev–Trinajstić information content (AvgIpc) is 2.96. The molecule has 1 aliphatic carbocycles. The second-order valence-electron chi connectivity index (χ2n) is 6.98. The van der Waals surface area contributed by atoms with Crippen molar-refractivity contribution in [2.24, 2.45) is 11.8 Å². The first-order valence-corrected chi connectivity index (χ1v) is 7.06. The Morgan fingerprint density at radius 3 is 2.37 bits per heavy atom. The molecule has 4 heteroatoms. The van der Waals surface area contributed by atoms with Crippen LogP contribution in [0.4, 0.5) is 11.6 Å². The van der Waals surface area contributed by atoms with Gasteiger partial charge in [0.2, 0.25) is 0 Å². The highest BCUT2D eigenvalue weighted by atomic mass is 15.2. The third-order valence-corrected chi connectivity index (χ3v) is 3.97. The van der Waals surface area contributed by atoms with E-state index in [-0.39, 0.29) is 5.41 Å². The fourth-order valence-corrected chi connectivity index (χ4v) is 2.32. The average molecular weight is 262 g/mol. The van der Waals surface area contributed by atoms with E-state index in [1.165, 1.54) is 6.42 Å². The van der Waals surface area contributed by atoms with Crippen LogP contribution in [-0.4, -0.2) is 23.6 Å². The standard InChI is InChI=1S/C15H26N4/c1-9-7-11(9)8-19(6)13-10(2)12(16)17-14(18-13)15(3,4)5/h9,11H,7-8H2,1-6H3,(H2,16,17,18). The Kier molecular flexibility index (Phi) is 3.45. The highest BCUT2D eigenvalue weighted by molar-refractivity contribution is 5.56. The zero-order chi connectivity index (χ0) is 14.4. The number of anilines is 2. The second-order valence-corrected chi connectivity index (χ2v) is 6.98. The van der Waals surface area contributed by atoms with Crippen molar-refractivity contribution in [3.63, 3.8) is 0 Å². The van der Waals surface area contributed by atoms with Crippen LogP contribution in [-0.2, 0) is 5.41 Å². The van der Waals surface area contributed by atoms with Gasteiger partial charge in [0.15, 0.2) is 0 Å². The Labute approximate surface area is 116 Å². The van der Waals surface area contributed by atoms with Crippen molar-refractivity contribution in [3.8, 4) is 0 Å². The first-order valence-electron chi connectivity index (χ1n) is 7.06. The topological polar surface area (TPSA) is 55.0 Å². The van der Waals surface area contributed by atoms with Crippen LogP contribution in [0.25, 0.3) is 0 Å². The number of rotatable bonds is 3. The van der Waals surface area contributed by atoms with Gasteiger partial charge in [0.05, 0.1) is 0 Å². The number of hydrogen-bond donors (Lipinski definition) is 1. The molecule has 4 nitrogen and oxygen atoms in total. The normalized spacial score (nSPS) is 22.4. The molecule has 19 heavy (non-hydrogen) atoms. The largest absolute Gasteiger partial charge is 0.383 e. The van der Waals surface area contributed by atoms with Crippen molar-refractivity contribution in [2.45, 2.75) is 46.5 Å². The molecule has 0 spiro atoms. The zero-order valence-electron chi connectivity index (χ0n) is 13.0. The lowest BCUT2D eigenvalue weighted by atomic mass is 9.95. The summed E-state index contributed by atoms with van der Waals surface area (Å²) in [6.07, 6.45) is 1.33. The third-order valence-electron chi connectivity index (χ3n) is 3.97. The molecule has 2 N–H and O–H groups in total. The fraction of sp³-hybridized carbons (Fsp3) is 0.733. The number of hydrogen-bond acceptors (Lipinski definition) is 4. The van der Waals surface area contributed by atoms with Gasteiger partial charge in [-0.25, -0.2) is 9.97 Å². The van der Waals surface area contributed by atoms with E-state index in [0.717, 1.165) is 35.6 Å². The predicted octanol–water partition coefficient (Wildman–Crippen LogP) is 2.76. The minimum absolute atomic E-state index is 0.0791. The summed E-state index contributed by atoms with van der Waals surface area (Å²) in [4.78, 5) is 11.4. The number of nitrogens with zero attached hydrogens (tertiary/aromatic N) is 3. The van der Waals surface area contributed by atoms with Crippen molar-refractivity contribution in [1.29, 1.82) is 0 Å². The SMILES string of the molecule is Cc1c(N)nc(C(C)(C)C)nc1N(C)CC1CC1C. The van der Waals surface area contributed by atoms with Crippen molar-refractivity contribution in [3.05, 3.63) is 11.4 Å². The molecule has 2 atom stereocenters. The molecule has 2 rings (SSSR count). The molecular weight excluding hydrogens is 236 g/mol. The molecule has 106 valence electrons. The van der Waals surface area contributed by atoms with E-state index in [2.05, 4.69) is 44.6 Å². The molecule has 0 amide bonds. The Morgan fingerprint density at radius 1 is 1.32 bits per heavy atom. The van der Waals surface area contributed by atoms with E-state index >= 15 is 0 Å². The van der Waals surface area contributed by atoms with Crippen LogP contribution >= 0.6 is 0 Å². The van der Waals surface area contributed by atoms with E-state index in [9.17, 15) is 0 Å². The van der Waals surface area contributed by atoms with Gasteiger partial charge in [0.25, 0.3) is 0 Å². The first-order chi connectivity index (χ1) is 8.70. The molecule has 1 aromatic rings. The van der Waals surface area contributed by atoms with Crippen molar-refractivity contribution < 1.29 is 0 Å². The van der Waals surface area contributed by atoms with Gasteiger partial charge in [-0.1, -0.05) is 27.7 Å². The predicted molar refractivity (Wildman–Crippen MR) is 80.4 cm³/mol. The van der Waals surface area contributed by atoms with Gasteiger partial charge < -0.3 is 10.6 Å². The summed E-state index contributed by atoms with van der Waals surface area (Å²) in [6.45, 7) is 11.7. The molecule has 1 saturated carbocycles. The summed E-state index contributed by atoms with van der Waals surface area (Å²) in [5.41, 5.74) is 6.96. The van der Waals surface area contributed by atoms with Crippen molar-refractivity contribution >= 4 is 11.6 Å². The number of aromatic nitrogens is 2. The van der Waals surface area contributed by atoms with E-state index < -0.39 is 0 Å². The molecule has 0 radical (unpaired) electrons. The molecule has 1 aliphatic rings. The van der Waals surface area contributed by atoms with E-state index in [1.54, 1.807) is 0 Å². The van der Waals surface area contributed by atoms with Crippen LogP contribution in [0.1, 0.15) is 45.5 Å². The molecule has 1 fully saturated rings. The summed E-state index contributed by atoms with van der Waals surface area (Å²) in [7, 11) is 2.10. The lowest BCUT2D eigenvalue weighted by Gasteiger charge is -2.24. The maximum atomic E-state index is 6.05. The molecule has 0 bridgehead atoms. The zero-order valence-corrected chi connectivity index (χ0v) is 13.0. The van der Waals surface area contributed by atoms with Gasteiger partial charge in [-0.2, -0.15) is 0 Å². The van der Waals surface area contributed by atoms with Crippen LogP contribution in [0.3, 0.4) is 0 Å². The Balaban J connectivity index is 2.30. The molecule has 0 aliphatic heterocycles. The van der Waals surface area contributed by atoms with Crippen LogP contribution in [0, 0.1) is 18.8 Å². The summed E-state index contributed by atoms with van der Waals surface area (Å²) < 4.78 is 0. The Morgan fingerprint density at radius 2 is 1.89 bits per heavy atom. The van der Waals surface area contributed by atoms with Gasteiger partial charge in [-0.05, 0) is 25.2 Å². The summed E-state index contributed by atoms with van der Waals surface area (Å²) in [5, 5.41) is 0. The molecule has 2 unspecified atom stereocenters. The highest BCUT2D eigenvalue weighted by Gasteiger charge is 2.34. The minimum atomic E-state index is -0.0791. The van der Waals surface area contributed by atoms with E-state index in [4.69, 9.17) is 10.7 Å². The van der Waals surface area contributed by atoms with Crippen LogP contribution in [0.2, 0.25) is 0 Å². The summed E-state index contributed by atoms with van der Waals surface area (Å²) in [6, 6.07) is 0. The quantitative estimate of drug-likeness (QED) is 0.910. The molecule has 0 saturated heterocycles. The van der Waals surface area contributed by atoms with Gasteiger partial charge in [0, 0.05) is 24.6 Å². The first kappa shape index (κ1) is 14.1. The van der Waals surface area contributed by atoms with E-state index in [1.807, 2.05) is 6.92 Å². The Hall–Kier alpha value is -1.32. The van der Waals surface area contributed by atoms with Crippen LogP contribution in [0.15, 0.2) is 0 Å². The molecule has 0 aromatic carbocycles.